The van der Waals surface area contributed by atoms with Gasteiger partial charge in [0.2, 0.25) is 0 Å². The molecular formula is C31H29Cl2N3O5. The fourth-order valence-electron chi connectivity index (χ4n) is 5.55. The molecule has 1 saturated carbocycles. The first kappa shape index (κ1) is 27.6. The van der Waals surface area contributed by atoms with E-state index in [-0.39, 0.29) is 12.2 Å². The van der Waals surface area contributed by atoms with Crippen LogP contribution in [0.2, 0.25) is 10.0 Å². The molecule has 2 fully saturated rings. The zero-order valence-corrected chi connectivity index (χ0v) is 24.0. The highest BCUT2D eigenvalue weighted by molar-refractivity contribution is 6.33. The molecule has 2 aliphatic rings. The van der Waals surface area contributed by atoms with Crippen molar-refractivity contribution in [2.45, 2.75) is 50.7 Å². The average Bonchev–Trinajstić information content (AvgIpc) is 3.72. The Labute approximate surface area is 247 Å². The Morgan fingerprint density at radius 2 is 1.90 bits per heavy atom. The van der Waals surface area contributed by atoms with Crippen molar-refractivity contribution >= 4 is 35.0 Å². The van der Waals surface area contributed by atoms with Crippen LogP contribution in [0.1, 0.15) is 64.4 Å². The molecule has 6 rings (SSSR count). The number of aromatic nitrogens is 2. The molecule has 212 valence electrons. The van der Waals surface area contributed by atoms with Gasteiger partial charge in [0.25, 0.3) is 0 Å². The number of anilines is 1. The third-order valence-corrected chi connectivity index (χ3v) is 8.59. The number of piperidine rings is 1. The van der Waals surface area contributed by atoms with Gasteiger partial charge in [-0.05, 0) is 68.5 Å². The Kier molecular flexibility index (Phi) is 7.40. The van der Waals surface area contributed by atoms with Crippen LogP contribution in [-0.2, 0) is 12.2 Å². The van der Waals surface area contributed by atoms with Crippen molar-refractivity contribution in [2.24, 2.45) is 0 Å². The van der Waals surface area contributed by atoms with E-state index in [0.29, 0.717) is 64.7 Å². The lowest BCUT2D eigenvalue weighted by Crippen LogP contribution is -2.43. The highest BCUT2D eigenvalue weighted by atomic mass is 35.5. The summed E-state index contributed by atoms with van der Waals surface area (Å²) in [7, 11) is 0. The van der Waals surface area contributed by atoms with Crippen LogP contribution in [-0.4, -0.2) is 39.4 Å². The summed E-state index contributed by atoms with van der Waals surface area (Å²) in [5.74, 6) is 1.10. The van der Waals surface area contributed by atoms with Crippen molar-refractivity contribution in [1.29, 1.82) is 0 Å². The summed E-state index contributed by atoms with van der Waals surface area (Å²) < 4.78 is 12.0. The maximum absolute atomic E-state index is 11.6. The van der Waals surface area contributed by atoms with Crippen LogP contribution >= 0.6 is 23.2 Å². The van der Waals surface area contributed by atoms with Crippen LogP contribution in [0.15, 0.2) is 59.3 Å². The van der Waals surface area contributed by atoms with Gasteiger partial charge in [-0.15, -0.1) is 0 Å². The molecule has 2 N–H and O–H groups in total. The standard InChI is InChI=1S/C31H29Cl2N3O5/c1-18-4-2-6-24(32)26(18)27-22(28(41-35-27)19-7-8-19)17-40-20-9-10-23(25(33)16-20)31(39)11-14-36(15-12-31)29-21(30(37)38)5-3-13-34-29/h2-6,9-10,13,16,19,39H,7-8,11-12,14-15,17H2,1H3,(H,37,38). The number of aryl methyl sites for hydroxylation is 1. The van der Waals surface area contributed by atoms with Gasteiger partial charge < -0.3 is 24.4 Å². The van der Waals surface area contributed by atoms with Gasteiger partial charge in [-0.3, -0.25) is 0 Å². The minimum atomic E-state index is -1.16. The number of pyridine rings is 1. The van der Waals surface area contributed by atoms with Crippen molar-refractivity contribution in [3.8, 4) is 17.0 Å². The Morgan fingerprint density at radius 3 is 2.59 bits per heavy atom. The Balaban J connectivity index is 1.19. The van der Waals surface area contributed by atoms with Gasteiger partial charge >= 0.3 is 5.97 Å². The molecule has 8 nitrogen and oxygen atoms in total. The summed E-state index contributed by atoms with van der Waals surface area (Å²) in [5, 5.41) is 26.5. The lowest BCUT2D eigenvalue weighted by atomic mass is 9.84. The largest absolute Gasteiger partial charge is 0.489 e. The highest BCUT2D eigenvalue weighted by Crippen LogP contribution is 2.46. The number of halogens is 2. The van der Waals surface area contributed by atoms with E-state index in [9.17, 15) is 15.0 Å². The van der Waals surface area contributed by atoms with Gasteiger partial charge in [-0.2, -0.15) is 0 Å². The maximum Gasteiger partial charge on any atom is 0.339 e. The van der Waals surface area contributed by atoms with Gasteiger partial charge in [0.15, 0.2) is 0 Å². The smallest absolute Gasteiger partial charge is 0.339 e. The molecule has 10 heteroatoms. The third-order valence-electron chi connectivity index (χ3n) is 7.96. The topological polar surface area (TPSA) is 109 Å². The second kappa shape index (κ2) is 11.0. The second-order valence-corrected chi connectivity index (χ2v) is 11.5. The number of rotatable bonds is 8. The number of benzene rings is 2. The van der Waals surface area contributed by atoms with Crippen LogP contribution in [0.5, 0.6) is 5.75 Å². The molecule has 0 bridgehead atoms. The van der Waals surface area contributed by atoms with E-state index >= 15 is 0 Å². The van der Waals surface area contributed by atoms with Crippen molar-refractivity contribution in [2.75, 3.05) is 18.0 Å². The van der Waals surface area contributed by atoms with E-state index in [1.54, 1.807) is 30.5 Å². The van der Waals surface area contributed by atoms with Gasteiger partial charge in [-0.1, -0.05) is 46.6 Å². The number of aliphatic hydroxyl groups is 1. The molecule has 1 saturated heterocycles. The van der Waals surface area contributed by atoms with Gasteiger partial charge in [0, 0.05) is 36.3 Å². The van der Waals surface area contributed by atoms with Crippen LogP contribution in [0.4, 0.5) is 5.82 Å². The SMILES string of the molecule is Cc1cccc(Cl)c1-c1noc(C2CC2)c1COc1ccc(C2(O)CCN(c3ncccc3C(=O)O)CC2)c(Cl)c1. The van der Waals surface area contributed by atoms with Crippen molar-refractivity contribution in [1.82, 2.24) is 10.1 Å². The van der Waals surface area contributed by atoms with Crippen LogP contribution in [0.3, 0.4) is 0 Å². The normalized spacial score (nSPS) is 16.5. The highest BCUT2D eigenvalue weighted by Gasteiger charge is 2.37. The van der Waals surface area contributed by atoms with Gasteiger partial charge in [0.1, 0.15) is 35.2 Å². The molecule has 41 heavy (non-hydrogen) atoms. The zero-order valence-electron chi connectivity index (χ0n) is 22.4. The number of nitrogens with zero attached hydrogens (tertiary/aromatic N) is 3. The number of carboxylic acids is 1. The van der Waals surface area contributed by atoms with E-state index in [2.05, 4.69) is 10.1 Å². The first-order valence-corrected chi connectivity index (χ1v) is 14.3. The molecule has 0 amide bonds. The monoisotopic (exact) mass is 593 g/mol. The summed E-state index contributed by atoms with van der Waals surface area (Å²) in [6.07, 6.45) is 4.42. The summed E-state index contributed by atoms with van der Waals surface area (Å²) >= 11 is 13.3. The fourth-order valence-corrected chi connectivity index (χ4v) is 6.21. The van der Waals surface area contributed by atoms with Crippen molar-refractivity contribution < 1.29 is 24.3 Å². The van der Waals surface area contributed by atoms with E-state index in [0.717, 1.165) is 35.3 Å². The molecule has 0 radical (unpaired) electrons. The van der Waals surface area contributed by atoms with Crippen molar-refractivity contribution in [3.05, 3.63) is 92.8 Å². The number of hydrogen-bond donors (Lipinski definition) is 2. The Hall–Kier alpha value is -3.59. The summed E-state index contributed by atoms with van der Waals surface area (Å²) in [6.45, 7) is 3.10. The molecule has 2 aromatic heterocycles. The van der Waals surface area contributed by atoms with E-state index in [1.807, 2.05) is 30.0 Å². The summed E-state index contributed by atoms with van der Waals surface area (Å²) in [6, 6.07) is 14.2. The lowest BCUT2D eigenvalue weighted by Gasteiger charge is -2.39. The molecule has 0 atom stereocenters. The van der Waals surface area contributed by atoms with Crippen molar-refractivity contribution in [3.63, 3.8) is 0 Å². The molecule has 3 heterocycles. The first-order valence-electron chi connectivity index (χ1n) is 13.6. The molecule has 1 aliphatic carbocycles. The minimum Gasteiger partial charge on any atom is -0.489 e. The quantitative estimate of drug-likeness (QED) is 0.225. The number of carboxylic acid groups (broad SMARTS) is 1. The lowest BCUT2D eigenvalue weighted by molar-refractivity contribution is 0.0117. The molecule has 2 aromatic carbocycles. The molecular weight excluding hydrogens is 565 g/mol. The van der Waals surface area contributed by atoms with E-state index in [4.69, 9.17) is 32.5 Å². The summed E-state index contributed by atoms with van der Waals surface area (Å²) in [5.41, 5.74) is 3.01. The van der Waals surface area contributed by atoms with Crippen LogP contribution in [0, 0.1) is 6.92 Å². The van der Waals surface area contributed by atoms with Crippen LogP contribution < -0.4 is 9.64 Å². The second-order valence-electron chi connectivity index (χ2n) is 10.7. The molecule has 1 aliphatic heterocycles. The van der Waals surface area contributed by atoms with Crippen LogP contribution in [0.25, 0.3) is 11.3 Å². The molecule has 4 aromatic rings. The maximum atomic E-state index is 11.6. The molecule has 0 spiro atoms. The third kappa shape index (κ3) is 5.39. The minimum absolute atomic E-state index is 0.142. The van der Waals surface area contributed by atoms with Gasteiger partial charge in [0.05, 0.1) is 21.2 Å². The van der Waals surface area contributed by atoms with Gasteiger partial charge in [-0.25, -0.2) is 9.78 Å². The predicted octanol–water partition coefficient (Wildman–Crippen LogP) is 6.99. The number of ether oxygens (including phenoxy) is 1. The number of hydrogen-bond acceptors (Lipinski definition) is 7. The predicted molar refractivity (Wildman–Crippen MR) is 156 cm³/mol. The van der Waals surface area contributed by atoms with E-state index in [1.165, 1.54) is 6.07 Å². The first-order chi connectivity index (χ1) is 19.7. The number of carbonyl (C=O) groups is 1. The average molecular weight is 594 g/mol. The Morgan fingerprint density at radius 1 is 1.12 bits per heavy atom. The zero-order chi connectivity index (χ0) is 28.7. The summed E-state index contributed by atoms with van der Waals surface area (Å²) in [4.78, 5) is 17.8. The van der Waals surface area contributed by atoms with E-state index < -0.39 is 11.6 Å². The fraction of sp³-hybridized carbons (Fsp3) is 0.323. The Bertz CT molecular complexity index is 1590. The molecule has 0 unspecified atom stereocenters. The number of aromatic carboxylic acids is 1.